The Morgan fingerprint density at radius 3 is 2.21 bits per heavy atom. The normalized spacial score (nSPS) is 15.2. The number of hydrogen-bond acceptors (Lipinski definition) is 5. The average Bonchev–Trinajstić information content (AvgIpc) is 3.50. The van der Waals surface area contributed by atoms with E-state index in [1.54, 1.807) is 66.7 Å². The number of sulfonamides is 1. The average molecular weight is 602 g/mol. The summed E-state index contributed by atoms with van der Waals surface area (Å²) in [5, 5.41) is 5.98. The first-order chi connectivity index (χ1) is 20.1. The monoisotopic (exact) mass is 601 g/mol. The first-order valence-electron chi connectivity index (χ1n) is 13.3. The van der Waals surface area contributed by atoms with E-state index in [0.717, 1.165) is 5.56 Å². The lowest BCUT2D eigenvalue weighted by Crippen LogP contribution is -2.43. The van der Waals surface area contributed by atoms with Gasteiger partial charge in [0, 0.05) is 22.7 Å². The molecule has 214 valence electrons. The SMILES string of the molecule is Cc1ccc(NC(=O)c2ccccc2NC(=O)C2CCCN2S(=O)(=O)c2ccc(Cl)cc2)c(C(=O)c2ccccc2)c1. The van der Waals surface area contributed by atoms with Crippen molar-refractivity contribution in [2.75, 3.05) is 17.2 Å². The molecular weight excluding hydrogens is 574 g/mol. The number of nitrogens with zero attached hydrogens (tertiary/aromatic N) is 1. The van der Waals surface area contributed by atoms with Crippen molar-refractivity contribution in [1.29, 1.82) is 0 Å². The molecule has 0 saturated carbocycles. The summed E-state index contributed by atoms with van der Waals surface area (Å²) in [4.78, 5) is 40.2. The summed E-state index contributed by atoms with van der Waals surface area (Å²) in [7, 11) is -3.95. The number of benzene rings is 4. The zero-order chi connectivity index (χ0) is 29.9. The first-order valence-corrected chi connectivity index (χ1v) is 15.2. The van der Waals surface area contributed by atoms with Crippen LogP contribution in [-0.4, -0.2) is 42.9 Å². The van der Waals surface area contributed by atoms with Crippen LogP contribution in [0.1, 0.15) is 44.7 Å². The molecule has 1 fully saturated rings. The maximum Gasteiger partial charge on any atom is 0.257 e. The molecule has 0 aromatic heterocycles. The molecule has 1 atom stereocenters. The molecule has 4 aromatic carbocycles. The summed E-state index contributed by atoms with van der Waals surface area (Å²) in [5.41, 5.74) is 2.39. The van der Waals surface area contributed by atoms with Crippen LogP contribution >= 0.6 is 11.6 Å². The second-order valence-corrected chi connectivity index (χ2v) is 12.3. The predicted octanol–water partition coefficient (Wildman–Crippen LogP) is 5.92. The molecule has 1 saturated heterocycles. The van der Waals surface area contributed by atoms with E-state index in [0.29, 0.717) is 34.7 Å². The van der Waals surface area contributed by atoms with E-state index >= 15 is 0 Å². The number of carbonyl (C=O) groups is 3. The number of rotatable bonds is 8. The highest BCUT2D eigenvalue weighted by Crippen LogP contribution is 2.29. The number of anilines is 2. The molecule has 1 aliphatic heterocycles. The van der Waals surface area contributed by atoms with E-state index in [-0.39, 0.29) is 28.5 Å². The number of halogens is 1. The van der Waals surface area contributed by atoms with E-state index in [4.69, 9.17) is 11.6 Å². The minimum absolute atomic E-state index is 0.0466. The fraction of sp³-hybridized carbons (Fsp3) is 0.156. The van der Waals surface area contributed by atoms with Gasteiger partial charge in [-0.3, -0.25) is 14.4 Å². The molecule has 1 aliphatic rings. The van der Waals surface area contributed by atoms with Crippen molar-refractivity contribution < 1.29 is 22.8 Å². The van der Waals surface area contributed by atoms with E-state index < -0.39 is 27.9 Å². The molecule has 10 heteroatoms. The third kappa shape index (κ3) is 6.13. The summed E-state index contributed by atoms with van der Waals surface area (Å²) in [5.74, 6) is -1.31. The maximum atomic E-state index is 13.5. The fourth-order valence-corrected chi connectivity index (χ4v) is 6.71. The van der Waals surface area contributed by atoms with Gasteiger partial charge in [-0.1, -0.05) is 65.7 Å². The van der Waals surface area contributed by atoms with Crippen molar-refractivity contribution in [2.45, 2.75) is 30.7 Å². The largest absolute Gasteiger partial charge is 0.324 e. The Morgan fingerprint density at radius 1 is 0.810 bits per heavy atom. The molecule has 0 bridgehead atoms. The third-order valence-electron chi connectivity index (χ3n) is 7.06. The van der Waals surface area contributed by atoms with Gasteiger partial charge in [0.1, 0.15) is 6.04 Å². The molecule has 5 rings (SSSR count). The van der Waals surface area contributed by atoms with Gasteiger partial charge in [0.15, 0.2) is 5.78 Å². The van der Waals surface area contributed by atoms with E-state index in [9.17, 15) is 22.8 Å². The molecule has 2 amide bonds. The first kappa shape index (κ1) is 29.2. The Balaban J connectivity index is 1.37. The van der Waals surface area contributed by atoms with Crippen LogP contribution in [0.4, 0.5) is 11.4 Å². The lowest BCUT2D eigenvalue weighted by atomic mass is 9.99. The van der Waals surface area contributed by atoms with Crippen molar-refractivity contribution in [3.63, 3.8) is 0 Å². The number of aryl methyl sites for hydroxylation is 1. The smallest absolute Gasteiger partial charge is 0.257 e. The van der Waals surface area contributed by atoms with Gasteiger partial charge < -0.3 is 10.6 Å². The zero-order valence-corrected chi connectivity index (χ0v) is 24.3. The zero-order valence-electron chi connectivity index (χ0n) is 22.7. The van der Waals surface area contributed by atoms with E-state index in [2.05, 4.69) is 10.6 Å². The van der Waals surface area contributed by atoms with Crippen molar-refractivity contribution in [2.24, 2.45) is 0 Å². The van der Waals surface area contributed by atoms with Crippen molar-refractivity contribution in [1.82, 2.24) is 4.31 Å². The van der Waals surface area contributed by atoms with Crippen molar-refractivity contribution in [3.05, 3.63) is 124 Å². The third-order valence-corrected chi connectivity index (χ3v) is 9.23. The Bertz CT molecular complexity index is 1760. The van der Waals surface area contributed by atoms with Crippen LogP contribution in [0.3, 0.4) is 0 Å². The lowest BCUT2D eigenvalue weighted by molar-refractivity contribution is -0.119. The molecule has 8 nitrogen and oxygen atoms in total. The molecule has 42 heavy (non-hydrogen) atoms. The molecule has 4 aromatic rings. The quantitative estimate of drug-likeness (QED) is 0.243. The number of hydrogen-bond donors (Lipinski definition) is 2. The lowest BCUT2D eigenvalue weighted by Gasteiger charge is -2.24. The number of carbonyl (C=O) groups excluding carboxylic acids is 3. The van der Waals surface area contributed by atoms with Gasteiger partial charge >= 0.3 is 0 Å². The minimum atomic E-state index is -3.95. The van der Waals surface area contributed by atoms with Crippen LogP contribution in [0.5, 0.6) is 0 Å². The van der Waals surface area contributed by atoms with Crippen molar-refractivity contribution in [3.8, 4) is 0 Å². The van der Waals surface area contributed by atoms with Crippen LogP contribution in [0.15, 0.2) is 102 Å². The van der Waals surface area contributed by atoms with Gasteiger partial charge in [-0.15, -0.1) is 0 Å². The number of para-hydroxylation sites is 1. The fourth-order valence-electron chi connectivity index (χ4n) is 4.93. The topological polar surface area (TPSA) is 113 Å². The summed E-state index contributed by atoms with van der Waals surface area (Å²) >= 11 is 5.92. The Hall–Kier alpha value is -4.31. The predicted molar refractivity (Wildman–Crippen MR) is 162 cm³/mol. The van der Waals surface area contributed by atoms with Gasteiger partial charge in [0.2, 0.25) is 15.9 Å². The van der Waals surface area contributed by atoms with E-state index in [1.165, 1.54) is 28.6 Å². The maximum absolute atomic E-state index is 13.5. The number of ketones is 1. The highest BCUT2D eigenvalue weighted by Gasteiger charge is 2.39. The molecule has 0 aliphatic carbocycles. The van der Waals surface area contributed by atoms with Crippen LogP contribution in [0, 0.1) is 6.92 Å². The molecule has 2 N–H and O–H groups in total. The highest BCUT2D eigenvalue weighted by molar-refractivity contribution is 7.89. The van der Waals surface area contributed by atoms with Gasteiger partial charge in [-0.2, -0.15) is 4.31 Å². The van der Waals surface area contributed by atoms with Crippen molar-refractivity contribution >= 4 is 50.6 Å². The number of nitrogens with one attached hydrogen (secondary N) is 2. The summed E-state index contributed by atoms with van der Waals surface area (Å²) < 4.78 is 27.8. The summed E-state index contributed by atoms with van der Waals surface area (Å²) in [6.45, 7) is 2.05. The van der Waals surface area contributed by atoms with Crippen LogP contribution in [0.25, 0.3) is 0 Å². The summed E-state index contributed by atoms with van der Waals surface area (Å²) in [6.07, 6.45) is 0.847. The van der Waals surface area contributed by atoms with Crippen LogP contribution in [0.2, 0.25) is 5.02 Å². The second kappa shape index (κ2) is 12.3. The van der Waals surface area contributed by atoms with Gasteiger partial charge in [-0.25, -0.2) is 8.42 Å². The molecule has 0 radical (unpaired) electrons. The van der Waals surface area contributed by atoms with Crippen LogP contribution < -0.4 is 10.6 Å². The molecule has 0 spiro atoms. The van der Waals surface area contributed by atoms with Gasteiger partial charge in [-0.05, 0) is 68.3 Å². The van der Waals surface area contributed by atoms with Gasteiger partial charge in [0.25, 0.3) is 5.91 Å². The van der Waals surface area contributed by atoms with Gasteiger partial charge in [0.05, 0.1) is 21.8 Å². The second-order valence-electron chi connectivity index (χ2n) is 9.96. The van der Waals surface area contributed by atoms with Crippen LogP contribution in [-0.2, 0) is 14.8 Å². The standard InChI is InChI=1S/C32H28ClN3O5S/c1-21-13-18-28(26(20-21)30(37)22-8-3-2-4-9-22)34-31(38)25-10-5-6-11-27(25)35-32(39)29-12-7-19-36(29)42(40,41)24-16-14-23(33)15-17-24/h2-6,8-11,13-18,20,29H,7,12,19H2,1H3,(H,34,38)(H,35,39). The molecule has 1 heterocycles. The highest BCUT2D eigenvalue weighted by atomic mass is 35.5. The Kier molecular flexibility index (Phi) is 8.54. The minimum Gasteiger partial charge on any atom is -0.324 e. The summed E-state index contributed by atoms with van der Waals surface area (Å²) in [6, 6.07) is 25.2. The molecule has 1 unspecified atom stereocenters. The number of amides is 2. The van der Waals surface area contributed by atoms with E-state index in [1.807, 2.05) is 13.0 Å². The molecular formula is C32H28ClN3O5S. The Morgan fingerprint density at radius 2 is 1.48 bits per heavy atom. The Labute approximate surface area is 249 Å².